The topological polar surface area (TPSA) is 43.6 Å². The molecule has 1 aliphatic rings. The van der Waals surface area contributed by atoms with Crippen LogP contribution in [0.3, 0.4) is 0 Å². The molecule has 1 aliphatic heterocycles. The van der Waals surface area contributed by atoms with Crippen molar-refractivity contribution in [1.82, 2.24) is 4.57 Å². The van der Waals surface area contributed by atoms with E-state index in [1.54, 1.807) is 6.08 Å². The summed E-state index contributed by atoms with van der Waals surface area (Å²) in [7, 11) is 0. The normalized spacial score (nSPS) is 15.6. The van der Waals surface area contributed by atoms with Crippen LogP contribution in [-0.2, 0) is 14.9 Å². The highest BCUT2D eigenvalue weighted by Crippen LogP contribution is 2.25. The number of ether oxygens (including phenoxy) is 1. The van der Waals surface area contributed by atoms with Gasteiger partial charge in [-0.2, -0.15) is 0 Å². The Kier molecular flexibility index (Phi) is 4.47. The number of para-hydroxylation sites is 1. The summed E-state index contributed by atoms with van der Waals surface area (Å²) in [4.78, 5) is 16.8. The lowest BCUT2D eigenvalue weighted by molar-refractivity contribution is -0.129. The average Bonchev–Trinajstić information content (AvgIpc) is 3.29. The van der Waals surface area contributed by atoms with E-state index in [2.05, 4.69) is 25.8 Å². The van der Waals surface area contributed by atoms with Crippen molar-refractivity contribution in [2.24, 2.45) is 4.99 Å². The molecule has 0 spiro atoms. The highest BCUT2D eigenvalue weighted by molar-refractivity contribution is 6.12. The highest BCUT2D eigenvalue weighted by Gasteiger charge is 2.25. The fourth-order valence-electron chi connectivity index (χ4n) is 3.12. The van der Waals surface area contributed by atoms with Crippen molar-refractivity contribution >= 4 is 17.9 Å². The van der Waals surface area contributed by atoms with Gasteiger partial charge in [-0.05, 0) is 53.5 Å². The zero-order valence-corrected chi connectivity index (χ0v) is 16.2. The van der Waals surface area contributed by atoms with Gasteiger partial charge < -0.3 is 9.30 Å². The largest absolute Gasteiger partial charge is 0.402 e. The minimum absolute atomic E-state index is 0.0700. The van der Waals surface area contributed by atoms with Crippen molar-refractivity contribution in [3.8, 4) is 5.69 Å². The predicted molar refractivity (Wildman–Crippen MR) is 112 cm³/mol. The summed E-state index contributed by atoms with van der Waals surface area (Å²) < 4.78 is 7.42. The lowest BCUT2D eigenvalue weighted by atomic mass is 9.87. The monoisotopic (exact) mass is 370 g/mol. The molecule has 0 saturated heterocycles. The smallest absolute Gasteiger partial charge is 0.363 e. The Morgan fingerprint density at radius 1 is 0.929 bits per heavy atom. The summed E-state index contributed by atoms with van der Waals surface area (Å²) in [5.41, 5.74) is 4.27. The van der Waals surface area contributed by atoms with E-state index in [1.165, 1.54) is 5.56 Å². The number of hydrogen-bond acceptors (Lipinski definition) is 3. The van der Waals surface area contributed by atoms with Gasteiger partial charge in [0.1, 0.15) is 0 Å². The molecule has 3 aromatic rings. The van der Waals surface area contributed by atoms with Crippen molar-refractivity contribution in [1.29, 1.82) is 0 Å². The number of cyclic esters (lactones) is 1. The van der Waals surface area contributed by atoms with E-state index in [1.807, 2.05) is 77.5 Å². The first-order valence-electron chi connectivity index (χ1n) is 9.28. The third-order valence-corrected chi connectivity index (χ3v) is 4.72. The first-order chi connectivity index (χ1) is 13.4. The van der Waals surface area contributed by atoms with E-state index in [9.17, 15) is 4.79 Å². The van der Waals surface area contributed by atoms with E-state index in [0.717, 1.165) is 16.9 Å². The van der Waals surface area contributed by atoms with Crippen LogP contribution in [0.4, 0.5) is 0 Å². The van der Waals surface area contributed by atoms with Crippen molar-refractivity contribution in [2.75, 3.05) is 0 Å². The molecule has 4 nitrogen and oxygen atoms in total. The van der Waals surface area contributed by atoms with Gasteiger partial charge in [-0.15, -0.1) is 0 Å². The maximum Gasteiger partial charge on any atom is 0.363 e. The van der Waals surface area contributed by atoms with Gasteiger partial charge in [-0.3, -0.25) is 0 Å². The summed E-state index contributed by atoms with van der Waals surface area (Å²) in [6, 6.07) is 21.8. The van der Waals surface area contributed by atoms with Crippen molar-refractivity contribution in [3.05, 3.63) is 95.4 Å². The van der Waals surface area contributed by atoms with Gasteiger partial charge in [-0.25, -0.2) is 9.79 Å². The van der Waals surface area contributed by atoms with Gasteiger partial charge in [-0.1, -0.05) is 51.1 Å². The molecule has 1 aromatic heterocycles. The Morgan fingerprint density at radius 2 is 1.64 bits per heavy atom. The Hall–Kier alpha value is -3.40. The van der Waals surface area contributed by atoms with Crippen LogP contribution in [0.2, 0.25) is 0 Å². The van der Waals surface area contributed by atoms with Gasteiger partial charge in [0, 0.05) is 23.1 Å². The number of aliphatic imine (C=N–C) groups is 1. The van der Waals surface area contributed by atoms with Crippen molar-refractivity contribution in [2.45, 2.75) is 26.2 Å². The van der Waals surface area contributed by atoms with E-state index >= 15 is 0 Å². The zero-order chi connectivity index (χ0) is 19.7. The molecule has 0 bridgehead atoms. The number of carbonyl (C=O) groups excluding carboxylic acids is 1. The van der Waals surface area contributed by atoms with Crippen LogP contribution in [0.15, 0.2) is 83.6 Å². The van der Waals surface area contributed by atoms with Crippen LogP contribution in [-0.4, -0.2) is 16.4 Å². The fraction of sp³-hybridized carbons (Fsp3) is 0.167. The quantitative estimate of drug-likeness (QED) is 0.474. The molecule has 0 atom stereocenters. The summed E-state index contributed by atoms with van der Waals surface area (Å²) in [5, 5.41) is 0. The van der Waals surface area contributed by atoms with Crippen molar-refractivity contribution in [3.63, 3.8) is 0 Å². The lowest BCUT2D eigenvalue weighted by Crippen LogP contribution is -2.11. The number of aromatic nitrogens is 1. The van der Waals surface area contributed by atoms with E-state index in [4.69, 9.17) is 4.74 Å². The van der Waals surface area contributed by atoms with Crippen molar-refractivity contribution < 1.29 is 9.53 Å². The van der Waals surface area contributed by atoms with Crippen LogP contribution in [0, 0.1) is 0 Å². The SMILES string of the molecule is CC(C)(C)c1ccc(C2=N/C(=C/c3cccn3-c3ccccc3)C(=O)O2)cc1. The van der Waals surface area contributed by atoms with Gasteiger partial charge in [0.25, 0.3) is 0 Å². The molecule has 0 saturated carbocycles. The highest BCUT2D eigenvalue weighted by atomic mass is 16.6. The van der Waals surface area contributed by atoms with Crippen LogP contribution >= 0.6 is 0 Å². The second kappa shape index (κ2) is 6.97. The Bertz CT molecular complexity index is 1070. The molecule has 28 heavy (non-hydrogen) atoms. The second-order valence-electron chi connectivity index (χ2n) is 7.80. The lowest BCUT2D eigenvalue weighted by Gasteiger charge is -2.18. The summed E-state index contributed by atoms with van der Waals surface area (Å²) >= 11 is 0. The van der Waals surface area contributed by atoms with E-state index in [-0.39, 0.29) is 5.41 Å². The fourth-order valence-corrected chi connectivity index (χ4v) is 3.12. The molecule has 2 heterocycles. The van der Waals surface area contributed by atoms with Gasteiger partial charge in [0.15, 0.2) is 5.70 Å². The summed E-state index contributed by atoms with van der Waals surface area (Å²) in [6.07, 6.45) is 3.71. The maximum absolute atomic E-state index is 12.3. The second-order valence-corrected chi connectivity index (χ2v) is 7.80. The Labute approximate surface area is 164 Å². The molecule has 4 rings (SSSR count). The molecule has 0 amide bonds. The maximum atomic E-state index is 12.3. The van der Waals surface area contributed by atoms with Crippen LogP contribution in [0.25, 0.3) is 11.8 Å². The Morgan fingerprint density at radius 3 is 2.32 bits per heavy atom. The first-order valence-corrected chi connectivity index (χ1v) is 9.28. The summed E-state index contributed by atoms with van der Waals surface area (Å²) in [5.74, 6) is -0.0924. The molecule has 0 aliphatic carbocycles. The molecule has 140 valence electrons. The molecule has 0 radical (unpaired) electrons. The third-order valence-electron chi connectivity index (χ3n) is 4.72. The van der Waals surface area contributed by atoms with Crippen LogP contribution in [0.5, 0.6) is 0 Å². The van der Waals surface area contributed by atoms with Crippen LogP contribution in [0.1, 0.15) is 37.6 Å². The first kappa shape index (κ1) is 18.0. The number of carbonyl (C=O) groups is 1. The average molecular weight is 370 g/mol. The molecule has 2 aromatic carbocycles. The predicted octanol–water partition coefficient (Wildman–Crippen LogP) is 5.12. The molecular formula is C24H22N2O2. The van der Waals surface area contributed by atoms with Gasteiger partial charge >= 0.3 is 5.97 Å². The minimum Gasteiger partial charge on any atom is -0.402 e. The standard InChI is InChI=1S/C24H22N2O2/c1-24(2,3)18-13-11-17(12-14-18)22-25-21(23(27)28-22)16-20-10-7-15-26(20)19-8-5-4-6-9-19/h4-16H,1-3H3/b21-16+. The number of benzene rings is 2. The van der Waals surface area contributed by atoms with E-state index < -0.39 is 5.97 Å². The number of esters is 1. The van der Waals surface area contributed by atoms with Gasteiger partial charge in [0.05, 0.1) is 0 Å². The Balaban J connectivity index is 1.65. The zero-order valence-electron chi connectivity index (χ0n) is 16.2. The molecule has 4 heteroatoms. The van der Waals surface area contributed by atoms with Crippen LogP contribution < -0.4 is 0 Å². The molecule has 0 unspecified atom stereocenters. The molecule has 0 fully saturated rings. The van der Waals surface area contributed by atoms with Gasteiger partial charge in [0.2, 0.25) is 5.90 Å². The van der Waals surface area contributed by atoms with E-state index in [0.29, 0.717) is 11.6 Å². The number of hydrogen-bond donors (Lipinski definition) is 0. The molecular weight excluding hydrogens is 348 g/mol. The number of nitrogens with zero attached hydrogens (tertiary/aromatic N) is 2. The third kappa shape index (κ3) is 3.54. The minimum atomic E-state index is -0.435. The number of rotatable bonds is 3. The summed E-state index contributed by atoms with van der Waals surface area (Å²) in [6.45, 7) is 6.49. The molecule has 0 N–H and O–H groups in total.